The number of rotatable bonds is 11. The highest BCUT2D eigenvalue weighted by atomic mass is 16.1. The van der Waals surface area contributed by atoms with Crippen molar-refractivity contribution in [2.75, 3.05) is 26.7 Å². The van der Waals surface area contributed by atoms with Crippen LogP contribution in [0.15, 0.2) is 46.3 Å². The number of aromatic nitrogens is 1. The molecule has 1 atom stereocenters. The van der Waals surface area contributed by atoms with Gasteiger partial charge in [0.1, 0.15) is 11.4 Å². The number of carbonyl (C=O) groups excluding carboxylic acids is 1. The average Bonchev–Trinajstić information content (AvgIpc) is 3.26. The number of likely N-dealkylation sites (tertiary alicyclic amines) is 1. The monoisotopic (exact) mass is 479 g/mol. The van der Waals surface area contributed by atoms with Crippen molar-refractivity contribution in [3.63, 3.8) is 0 Å². The Hall–Kier alpha value is -3.46. The Kier molecular flexibility index (Phi) is 9.60. The molecule has 5 N–H and O–H groups in total. The first kappa shape index (κ1) is 26.2. The Balaban J connectivity index is 1.66. The standard InChI is InChI=1S/C26H37N7O2/c1-3-4-13-29-24(28)23-22(31-18-27)12-16-33(26(23)35)17-19-7-9-20(10-8-19)25(34)30-14-11-21-6-5-15-32(21)2/h7-10,12,16,18,21H,3-6,11,13-15,17H2,1-2H3,(H2,27,31)(H2,28,29)(H,30,34). The van der Waals surface area contributed by atoms with E-state index in [4.69, 9.17) is 11.1 Å². The second-order valence-electron chi connectivity index (χ2n) is 8.96. The van der Waals surface area contributed by atoms with E-state index >= 15 is 0 Å². The topological polar surface area (TPSA) is 129 Å². The normalized spacial score (nSPS) is 16.0. The number of hydrogen-bond donors (Lipinski definition) is 4. The molecule has 1 aliphatic heterocycles. The summed E-state index contributed by atoms with van der Waals surface area (Å²) in [5.74, 6) is -0.0542. The molecule has 1 amide bonds. The molecule has 2 aromatic rings. The highest BCUT2D eigenvalue weighted by Gasteiger charge is 2.20. The summed E-state index contributed by atoms with van der Waals surface area (Å²) in [5.41, 5.74) is 7.14. The number of carbonyl (C=O) groups is 1. The number of nitrogens with one attached hydrogen (secondary N) is 3. The zero-order valence-corrected chi connectivity index (χ0v) is 20.7. The molecule has 1 unspecified atom stereocenters. The number of nitrogens with two attached hydrogens (primary N) is 1. The van der Waals surface area contributed by atoms with Gasteiger partial charge in [0, 0.05) is 30.9 Å². The second kappa shape index (κ2) is 12.9. The lowest BCUT2D eigenvalue weighted by Gasteiger charge is -2.19. The van der Waals surface area contributed by atoms with Crippen LogP contribution < -0.4 is 21.9 Å². The number of unbranched alkanes of at least 4 members (excludes halogenated alkanes) is 1. The Bertz CT molecular complexity index is 1090. The van der Waals surface area contributed by atoms with E-state index in [1.807, 2.05) is 12.1 Å². The maximum atomic E-state index is 13.2. The summed E-state index contributed by atoms with van der Waals surface area (Å²) in [5, 5.41) is 14.4. The Morgan fingerprint density at radius 1 is 1.23 bits per heavy atom. The number of amidine groups is 1. The number of pyridine rings is 1. The van der Waals surface area contributed by atoms with E-state index in [0.717, 1.165) is 37.7 Å². The van der Waals surface area contributed by atoms with Gasteiger partial charge in [0.15, 0.2) is 0 Å². The van der Waals surface area contributed by atoms with Crippen LogP contribution in [0.1, 0.15) is 60.5 Å². The van der Waals surface area contributed by atoms with Gasteiger partial charge in [-0.1, -0.05) is 25.5 Å². The van der Waals surface area contributed by atoms with Crippen molar-refractivity contribution in [1.82, 2.24) is 20.1 Å². The highest BCUT2D eigenvalue weighted by Crippen LogP contribution is 2.17. The van der Waals surface area contributed by atoms with E-state index in [1.165, 1.54) is 17.4 Å². The summed E-state index contributed by atoms with van der Waals surface area (Å²) < 4.78 is 1.54. The number of aliphatic imine (C=N–C) groups is 1. The molecule has 35 heavy (non-hydrogen) atoms. The van der Waals surface area contributed by atoms with Gasteiger partial charge in [-0.05, 0) is 63.0 Å². The van der Waals surface area contributed by atoms with Gasteiger partial charge in [0.2, 0.25) is 0 Å². The van der Waals surface area contributed by atoms with Crippen LogP contribution >= 0.6 is 0 Å². The summed E-state index contributed by atoms with van der Waals surface area (Å²) >= 11 is 0. The van der Waals surface area contributed by atoms with Gasteiger partial charge in [-0.15, -0.1) is 0 Å². The first-order valence-corrected chi connectivity index (χ1v) is 12.3. The average molecular weight is 480 g/mol. The minimum Gasteiger partial charge on any atom is -0.390 e. The van der Waals surface area contributed by atoms with Gasteiger partial charge >= 0.3 is 0 Å². The summed E-state index contributed by atoms with van der Waals surface area (Å²) in [6.45, 7) is 4.77. The third-order valence-electron chi connectivity index (χ3n) is 6.44. The van der Waals surface area contributed by atoms with Crippen LogP contribution in [-0.2, 0) is 6.54 Å². The van der Waals surface area contributed by atoms with E-state index < -0.39 is 0 Å². The molecule has 0 spiro atoms. The molecule has 1 aromatic heterocycles. The van der Waals surface area contributed by atoms with Crippen LogP contribution in [0, 0.1) is 5.41 Å². The lowest BCUT2D eigenvalue weighted by Crippen LogP contribution is -2.33. The van der Waals surface area contributed by atoms with Crippen LogP contribution in [0.2, 0.25) is 0 Å². The zero-order valence-electron chi connectivity index (χ0n) is 20.7. The molecular formula is C26H37N7O2. The van der Waals surface area contributed by atoms with E-state index in [9.17, 15) is 9.59 Å². The van der Waals surface area contributed by atoms with Gasteiger partial charge in [-0.3, -0.25) is 15.0 Å². The van der Waals surface area contributed by atoms with Crippen molar-refractivity contribution in [1.29, 1.82) is 5.41 Å². The SMILES string of the molecule is CCCCNC(=N)c1c(/N=C/N)ccn(Cc2ccc(C(=O)NCCC3CCCN3C)cc2)c1=O. The van der Waals surface area contributed by atoms with Crippen LogP contribution in [0.3, 0.4) is 0 Å². The molecule has 1 fully saturated rings. The molecule has 3 rings (SSSR count). The second-order valence-corrected chi connectivity index (χ2v) is 8.96. The smallest absolute Gasteiger partial charge is 0.264 e. The van der Waals surface area contributed by atoms with Crippen LogP contribution in [0.4, 0.5) is 5.69 Å². The molecule has 2 heterocycles. The Morgan fingerprint density at radius 2 is 2.00 bits per heavy atom. The van der Waals surface area contributed by atoms with Crippen LogP contribution in [-0.4, -0.2) is 60.3 Å². The summed E-state index contributed by atoms with van der Waals surface area (Å²) in [6, 6.07) is 9.48. The van der Waals surface area contributed by atoms with E-state index in [0.29, 0.717) is 36.9 Å². The molecule has 0 aliphatic carbocycles. The van der Waals surface area contributed by atoms with Crippen molar-refractivity contribution in [2.45, 2.75) is 51.6 Å². The van der Waals surface area contributed by atoms with E-state index in [1.54, 1.807) is 24.4 Å². The summed E-state index contributed by atoms with van der Waals surface area (Å²) in [7, 11) is 2.14. The third-order valence-corrected chi connectivity index (χ3v) is 6.44. The molecule has 9 heteroatoms. The highest BCUT2D eigenvalue weighted by molar-refractivity contribution is 6.00. The van der Waals surface area contributed by atoms with Crippen molar-refractivity contribution in [3.05, 3.63) is 63.6 Å². The fraction of sp³-hybridized carbons (Fsp3) is 0.462. The molecular weight excluding hydrogens is 442 g/mol. The Labute approximate surface area is 206 Å². The lowest BCUT2D eigenvalue weighted by molar-refractivity contribution is 0.0950. The van der Waals surface area contributed by atoms with Gasteiger partial charge in [0.05, 0.1) is 18.6 Å². The third kappa shape index (κ3) is 7.02. The van der Waals surface area contributed by atoms with Crippen molar-refractivity contribution >= 4 is 23.8 Å². The largest absolute Gasteiger partial charge is 0.390 e. The summed E-state index contributed by atoms with van der Waals surface area (Å²) in [4.78, 5) is 32.1. The maximum absolute atomic E-state index is 13.2. The predicted octanol–water partition coefficient (Wildman–Crippen LogP) is 2.44. The molecule has 188 valence electrons. The predicted molar refractivity (Wildman–Crippen MR) is 141 cm³/mol. The van der Waals surface area contributed by atoms with Crippen molar-refractivity contribution in [2.24, 2.45) is 10.7 Å². The number of nitrogens with zero attached hydrogens (tertiary/aromatic N) is 3. The molecule has 1 aliphatic rings. The minimum absolute atomic E-state index is 0.0363. The lowest BCUT2D eigenvalue weighted by atomic mass is 10.1. The van der Waals surface area contributed by atoms with E-state index in [2.05, 4.69) is 34.5 Å². The van der Waals surface area contributed by atoms with Gasteiger partial charge in [0.25, 0.3) is 11.5 Å². The number of amides is 1. The fourth-order valence-corrected chi connectivity index (χ4v) is 4.35. The maximum Gasteiger partial charge on any atom is 0.264 e. The summed E-state index contributed by atoms with van der Waals surface area (Å²) in [6.07, 6.45) is 8.02. The van der Waals surface area contributed by atoms with Gasteiger partial charge < -0.3 is 25.8 Å². The first-order chi connectivity index (χ1) is 16.9. The first-order valence-electron chi connectivity index (χ1n) is 12.3. The van der Waals surface area contributed by atoms with Crippen molar-refractivity contribution in [3.8, 4) is 0 Å². The van der Waals surface area contributed by atoms with Gasteiger partial charge in [-0.2, -0.15) is 0 Å². The van der Waals surface area contributed by atoms with E-state index in [-0.39, 0.29) is 22.9 Å². The van der Waals surface area contributed by atoms with Crippen molar-refractivity contribution < 1.29 is 4.79 Å². The molecule has 9 nitrogen and oxygen atoms in total. The fourth-order valence-electron chi connectivity index (χ4n) is 4.35. The molecule has 1 aromatic carbocycles. The Morgan fingerprint density at radius 3 is 2.66 bits per heavy atom. The quantitative estimate of drug-likeness (QED) is 0.224. The minimum atomic E-state index is -0.319. The molecule has 0 bridgehead atoms. The molecule has 1 saturated heterocycles. The molecule has 0 radical (unpaired) electrons. The number of hydrogen-bond acceptors (Lipinski definition) is 5. The zero-order chi connectivity index (χ0) is 25.2. The van der Waals surface area contributed by atoms with Gasteiger partial charge in [-0.25, -0.2) is 4.99 Å². The number of benzene rings is 1. The van der Waals surface area contributed by atoms with Crippen LogP contribution in [0.5, 0.6) is 0 Å². The van der Waals surface area contributed by atoms with Crippen LogP contribution in [0.25, 0.3) is 0 Å². The molecule has 0 saturated carbocycles.